The Hall–Kier alpha value is -2.33. The summed E-state index contributed by atoms with van der Waals surface area (Å²) < 4.78 is 11.6. The monoisotopic (exact) mass is 633 g/mol. The Kier molecular flexibility index (Phi) is 12.6. The van der Waals surface area contributed by atoms with Gasteiger partial charge in [0.05, 0.1) is 32.1 Å². The Labute approximate surface area is 272 Å². The van der Waals surface area contributed by atoms with Crippen molar-refractivity contribution >= 4 is 29.2 Å². The van der Waals surface area contributed by atoms with Crippen molar-refractivity contribution in [1.82, 2.24) is 9.80 Å². The minimum absolute atomic E-state index is 0.0218. The lowest BCUT2D eigenvalue weighted by molar-refractivity contribution is 0.0147. The number of oxime groups is 1. The van der Waals surface area contributed by atoms with Gasteiger partial charge in [0.15, 0.2) is 0 Å². The first-order chi connectivity index (χ1) is 21.6. The molecule has 0 amide bonds. The first-order valence-corrected chi connectivity index (χ1v) is 18.2. The van der Waals surface area contributed by atoms with Crippen molar-refractivity contribution < 1.29 is 14.3 Å². The second-order valence-corrected chi connectivity index (χ2v) is 13.3. The lowest BCUT2D eigenvalue weighted by atomic mass is 9.76. The van der Waals surface area contributed by atoms with Gasteiger partial charge < -0.3 is 14.3 Å². The molecule has 44 heavy (non-hydrogen) atoms. The van der Waals surface area contributed by atoms with Crippen LogP contribution in [0.4, 0.5) is 0 Å². The molecule has 236 valence electrons. The largest absolute Gasteiger partial charge is 0.391 e. The number of nitrogens with zero attached hydrogens (tertiary/aromatic N) is 3. The number of hydrogen-bond acceptors (Lipinski definition) is 8. The normalized spacial score (nSPS) is 19.1. The van der Waals surface area contributed by atoms with Crippen LogP contribution in [-0.2, 0) is 20.9 Å². The van der Waals surface area contributed by atoms with Crippen LogP contribution < -0.4 is 0 Å². The number of benzene rings is 3. The standard InChI is InChI=1S/C36H47N3O3S2/c1-27(38-18-22-40-23-19-38)34(30-10-14-32(43-3)15-11-30)36(37-42-26-29-8-6-5-7-9-29)35(28(2)39-20-24-41-25-21-39)31-12-16-33(44-4)17-13-31/h5-17,27-28,34-35H,18-26H2,1-4H3. The lowest BCUT2D eigenvalue weighted by Crippen LogP contribution is -2.50. The predicted molar refractivity (Wildman–Crippen MR) is 184 cm³/mol. The van der Waals surface area contributed by atoms with E-state index in [4.69, 9.17) is 19.5 Å². The van der Waals surface area contributed by atoms with Crippen LogP contribution in [0.15, 0.2) is 93.8 Å². The van der Waals surface area contributed by atoms with Crippen LogP contribution >= 0.6 is 23.5 Å². The van der Waals surface area contributed by atoms with Crippen LogP contribution in [0.2, 0.25) is 0 Å². The molecule has 5 rings (SSSR count). The van der Waals surface area contributed by atoms with E-state index in [0.717, 1.165) is 63.9 Å². The summed E-state index contributed by atoms with van der Waals surface area (Å²) in [5, 5.41) is 5.18. The molecule has 3 aromatic rings. The summed E-state index contributed by atoms with van der Waals surface area (Å²) >= 11 is 3.55. The van der Waals surface area contributed by atoms with Gasteiger partial charge in [-0.15, -0.1) is 23.5 Å². The molecule has 0 N–H and O–H groups in total. The van der Waals surface area contributed by atoms with E-state index in [1.54, 1.807) is 23.5 Å². The van der Waals surface area contributed by atoms with Crippen LogP contribution in [0.25, 0.3) is 0 Å². The van der Waals surface area contributed by atoms with E-state index in [1.807, 2.05) is 6.07 Å². The van der Waals surface area contributed by atoms with E-state index in [1.165, 1.54) is 20.9 Å². The second kappa shape index (κ2) is 16.8. The van der Waals surface area contributed by atoms with Gasteiger partial charge in [-0.3, -0.25) is 9.80 Å². The quantitative estimate of drug-likeness (QED) is 0.114. The molecular formula is C36H47N3O3S2. The van der Waals surface area contributed by atoms with Crippen LogP contribution in [0.3, 0.4) is 0 Å². The third-order valence-corrected chi connectivity index (χ3v) is 10.5. The van der Waals surface area contributed by atoms with Crippen molar-refractivity contribution in [3.63, 3.8) is 0 Å². The van der Waals surface area contributed by atoms with Crippen molar-refractivity contribution in [3.8, 4) is 0 Å². The van der Waals surface area contributed by atoms with Crippen molar-refractivity contribution in [1.29, 1.82) is 0 Å². The highest BCUT2D eigenvalue weighted by Gasteiger charge is 2.39. The first kappa shape index (κ1) is 33.0. The van der Waals surface area contributed by atoms with E-state index in [0.29, 0.717) is 6.61 Å². The second-order valence-electron chi connectivity index (χ2n) is 11.6. The average Bonchev–Trinajstić information content (AvgIpc) is 3.10. The molecular weight excluding hydrogens is 587 g/mol. The van der Waals surface area contributed by atoms with E-state index in [2.05, 4.69) is 109 Å². The van der Waals surface area contributed by atoms with Crippen molar-refractivity contribution in [3.05, 3.63) is 95.6 Å². The lowest BCUT2D eigenvalue weighted by Gasteiger charge is -2.42. The van der Waals surface area contributed by atoms with Crippen LogP contribution in [-0.4, -0.2) is 92.7 Å². The number of thioether (sulfide) groups is 2. The molecule has 0 saturated carbocycles. The summed E-state index contributed by atoms with van der Waals surface area (Å²) in [4.78, 5) is 14.0. The van der Waals surface area contributed by atoms with Gasteiger partial charge in [0.25, 0.3) is 0 Å². The number of rotatable bonds is 13. The molecule has 0 spiro atoms. The molecule has 2 fully saturated rings. The minimum Gasteiger partial charge on any atom is -0.391 e. The fraction of sp³-hybridized carbons (Fsp3) is 0.472. The zero-order chi connectivity index (χ0) is 30.7. The zero-order valence-electron chi connectivity index (χ0n) is 26.6. The minimum atomic E-state index is 0.0218. The Morgan fingerprint density at radius 3 is 1.52 bits per heavy atom. The molecule has 4 unspecified atom stereocenters. The van der Waals surface area contributed by atoms with E-state index >= 15 is 0 Å². The smallest absolute Gasteiger partial charge is 0.142 e. The van der Waals surface area contributed by atoms with Crippen LogP contribution in [0, 0.1) is 0 Å². The SMILES string of the molecule is CSc1ccc(C(C(=NOCc2ccccc2)C(c2ccc(SC)cc2)C(C)N2CCOCC2)C(C)N2CCOCC2)cc1. The third kappa shape index (κ3) is 8.47. The summed E-state index contributed by atoms with van der Waals surface area (Å²) in [5.41, 5.74) is 4.72. The van der Waals surface area contributed by atoms with E-state index < -0.39 is 0 Å². The Balaban J connectivity index is 1.63. The van der Waals surface area contributed by atoms with Crippen LogP contribution in [0.5, 0.6) is 0 Å². The number of hydrogen-bond donors (Lipinski definition) is 0. The van der Waals surface area contributed by atoms with Crippen molar-refractivity contribution in [2.24, 2.45) is 5.16 Å². The Morgan fingerprint density at radius 2 is 1.11 bits per heavy atom. The molecule has 8 heteroatoms. The molecule has 0 aliphatic carbocycles. The summed E-state index contributed by atoms with van der Waals surface area (Å²) in [7, 11) is 0. The highest BCUT2D eigenvalue weighted by atomic mass is 32.2. The molecule has 0 aromatic heterocycles. The fourth-order valence-corrected chi connectivity index (χ4v) is 7.29. The first-order valence-electron chi connectivity index (χ1n) is 15.7. The fourth-order valence-electron chi connectivity index (χ4n) is 6.47. The zero-order valence-corrected chi connectivity index (χ0v) is 28.2. The van der Waals surface area contributed by atoms with Gasteiger partial charge in [-0.2, -0.15) is 0 Å². The predicted octanol–water partition coefficient (Wildman–Crippen LogP) is 7.01. The van der Waals surface area contributed by atoms with Crippen LogP contribution in [0.1, 0.15) is 42.4 Å². The topological polar surface area (TPSA) is 46.5 Å². The molecule has 2 aliphatic heterocycles. The molecule has 2 aliphatic rings. The van der Waals surface area contributed by atoms with Gasteiger partial charge in [0.1, 0.15) is 6.61 Å². The Morgan fingerprint density at radius 1 is 0.682 bits per heavy atom. The molecule has 3 aromatic carbocycles. The van der Waals surface area contributed by atoms with Gasteiger partial charge in [-0.1, -0.05) is 59.8 Å². The summed E-state index contributed by atoms with van der Waals surface area (Å²) in [5.74, 6) is 0.0435. The van der Waals surface area contributed by atoms with Crippen molar-refractivity contribution in [2.45, 2.75) is 54.2 Å². The molecule has 6 nitrogen and oxygen atoms in total. The van der Waals surface area contributed by atoms with Gasteiger partial charge in [-0.05, 0) is 67.3 Å². The van der Waals surface area contributed by atoms with E-state index in [-0.39, 0.29) is 23.9 Å². The molecule has 2 saturated heterocycles. The maximum Gasteiger partial charge on any atom is 0.142 e. The summed E-state index contributed by atoms with van der Waals surface area (Å²) in [6.07, 6.45) is 4.26. The Bertz CT molecular complexity index is 1220. The van der Waals surface area contributed by atoms with Crippen molar-refractivity contribution in [2.75, 3.05) is 65.1 Å². The maximum absolute atomic E-state index is 6.34. The highest BCUT2D eigenvalue weighted by molar-refractivity contribution is 7.98. The molecule has 0 bridgehead atoms. The summed E-state index contributed by atoms with van der Waals surface area (Å²) in [6.45, 7) is 11.8. The van der Waals surface area contributed by atoms with Gasteiger partial charge in [0, 0.05) is 59.9 Å². The third-order valence-electron chi connectivity index (χ3n) is 9.04. The molecule has 0 radical (unpaired) electrons. The summed E-state index contributed by atoms with van der Waals surface area (Å²) in [6, 6.07) is 28.9. The van der Waals surface area contributed by atoms with Gasteiger partial charge >= 0.3 is 0 Å². The number of ether oxygens (including phenoxy) is 2. The van der Waals surface area contributed by atoms with Gasteiger partial charge in [0.2, 0.25) is 0 Å². The number of morpholine rings is 2. The maximum atomic E-state index is 6.34. The molecule has 2 heterocycles. The molecule has 4 atom stereocenters. The van der Waals surface area contributed by atoms with Gasteiger partial charge in [-0.25, -0.2) is 0 Å². The highest BCUT2D eigenvalue weighted by Crippen LogP contribution is 2.38. The average molecular weight is 634 g/mol. The van der Waals surface area contributed by atoms with E-state index in [9.17, 15) is 0 Å².